The molecule has 1 unspecified atom stereocenters. The first kappa shape index (κ1) is 14.2. The van der Waals surface area contributed by atoms with Crippen LogP contribution in [0.5, 0.6) is 0 Å². The molecule has 0 spiro atoms. The lowest BCUT2D eigenvalue weighted by atomic mass is 9.88. The number of aryl methyl sites for hydroxylation is 2. The number of hydrogen-bond acceptors (Lipinski definition) is 2. The Bertz CT molecular complexity index is 373. The molecule has 0 heterocycles. The molecule has 0 radical (unpaired) electrons. The molecule has 2 nitrogen and oxygen atoms in total. The minimum Gasteiger partial charge on any atom is -0.394 e. The zero-order chi connectivity index (χ0) is 13.1. The number of benzene rings is 1. The molecule has 2 N–H and O–H groups in total. The van der Waals surface area contributed by atoms with Gasteiger partial charge in [-0.15, -0.1) is 0 Å². The van der Waals surface area contributed by atoms with Gasteiger partial charge in [0.25, 0.3) is 0 Å². The van der Waals surface area contributed by atoms with Crippen molar-refractivity contribution in [1.29, 1.82) is 0 Å². The molecule has 2 heteroatoms. The molecule has 96 valence electrons. The van der Waals surface area contributed by atoms with Crippen molar-refractivity contribution in [2.24, 2.45) is 5.92 Å². The lowest BCUT2D eigenvalue weighted by Crippen LogP contribution is -2.45. The fourth-order valence-electron chi connectivity index (χ4n) is 2.10. The molecule has 0 aliphatic rings. The quantitative estimate of drug-likeness (QED) is 0.822. The van der Waals surface area contributed by atoms with Crippen LogP contribution in [-0.4, -0.2) is 18.3 Å². The van der Waals surface area contributed by atoms with E-state index < -0.39 is 0 Å². The van der Waals surface area contributed by atoms with Crippen LogP contribution in [0.15, 0.2) is 18.2 Å². The lowest BCUT2D eigenvalue weighted by molar-refractivity contribution is 0.170. The van der Waals surface area contributed by atoms with E-state index in [0.29, 0.717) is 5.92 Å². The van der Waals surface area contributed by atoms with E-state index in [2.05, 4.69) is 58.1 Å². The maximum Gasteiger partial charge on any atom is 0.0652 e. The van der Waals surface area contributed by atoms with Crippen molar-refractivity contribution in [3.63, 3.8) is 0 Å². The number of hydrogen-bond donors (Lipinski definition) is 2. The van der Waals surface area contributed by atoms with Crippen molar-refractivity contribution in [3.05, 3.63) is 34.9 Å². The number of aliphatic hydroxyl groups is 1. The summed E-state index contributed by atoms with van der Waals surface area (Å²) in [7, 11) is 0. The molecule has 1 rings (SSSR count). The normalized spacial score (nSPS) is 15.0. The van der Waals surface area contributed by atoms with Crippen LogP contribution in [0.1, 0.15) is 37.5 Å². The van der Waals surface area contributed by atoms with Crippen LogP contribution < -0.4 is 5.32 Å². The molecule has 0 aromatic heterocycles. The van der Waals surface area contributed by atoms with E-state index >= 15 is 0 Å². The first-order chi connectivity index (χ1) is 7.89. The standard InChI is InChI=1S/C15H25NO/c1-11(2)9-16-15(5,10-17)14-7-6-12(3)8-13(14)4/h6-8,11,16-17H,9-10H2,1-5H3. The first-order valence-electron chi connectivity index (χ1n) is 6.32. The Balaban J connectivity index is 2.98. The lowest BCUT2D eigenvalue weighted by Gasteiger charge is -2.32. The van der Waals surface area contributed by atoms with Crippen LogP contribution in [0, 0.1) is 19.8 Å². The van der Waals surface area contributed by atoms with Gasteiger partial charge in [0.15, 0.2) is 0 Å². The van der Waals surface area contributed by atoms with Gasteiger partial charge in [0, 0.05) is 0 Å². The van der Waals surface area contributed by atoms with E-state index in [1.807, 2.05) is 0 Å². The number of rotatable bonds is 5. The highest BCUT2D eigenvalue weighted by Gasteiger charge is 2.26. The molecule has 0 bridgehead atoms. The molecule has 0 amide bonds. The molecule has 0 fully saturated rings. The van der Waals surface area contributed by atoms with Gasteiger partial charge in [0.1, 0.15) is 0 Å². The molecular weight excluding hydrogens is 210 g/mol. The van der Waals surface area contributed by atoms with E-state index in [1.54, 1.807) is 0 Å². The molecule has 1 atom stereocenters. The SMILES string of the molecule is Cc1ccc(C(C)(CO)NCC(C)C)c(C)c1. The molecule has 1 aromatic rings. The van der Waals surface area contributed by atoms with Crippen LogP contribution in [0.2, 0.25) is 0 Å². The maximum absolute atomic E-state index is 9.68. The third-order valence-electron chi connectivity index (χ3n) is 3.19. The Morgan fingerprint density at radius 3 is 2.41 bits per heavy atom. The molecular formula is C15H25NO. The predicted octanol–water partition coefficient (Wildman–Crippen LogP) is 2.76. The summed E-state index contributed by atoms with van der Waals surface area (Å²) in [6, 6.07) is 6.39. The molecule has 17 heavy (non-hydrogen) atoms. The van der Waals surface area contributed by atoms with Gasteiger partial charge in [0.05, 0.1) is 12.1 Å². The molecule has 1 aromatic carbocycles. The fraction of sp³-hybridized carbons (Fsp3) is 0.600. The third-order valence-corrected chi connectivity index (χ3v) is 3.19. The van der Waals surface area contributed by atoms with Crippen molar-refractivity contribution in [2.75, 3.05) is 13.2 Å². The molecule has 0 saturated carbocycles. The summed E-state index contributed by atoms with van der Waals surface area (Å²) in [5.41, 5.74) is 3.33. The van der Waals surface area contributed by atoms with Crippen LogP contribution >= 0.6 is 0 Å². The highest BCUT2D eigenvalue weighted by molar-refractivity contribution is 5.35. The van der Waals surface area contributed by atoms with E-state index in [4.69, 9.17) is 0 Å². The van der Waals surface area contributed by atoms with Gasteiger partial charge in [-0.3, -0.25) is 0 Å². The highest BCUT2D eigenvalue weighted by atomic mass is 16.3. The second-order valence-corrected chi connectivity index (χ2v) is 5.58. The predicted molar refractivity (Wildman–Crippen MR) is 73.2 cm³/mol. The van der Waals surface area contributed by atoms with Crippen LogP contribution in [0.4, 0.5) is 0 Å². The highest BCUT2D eigenvalue weighted by Crippen LogP contribution is 2.24. The molecule has 0 aliphatic carbocycles. The monoisotopic (exact) mass is 235 g/mol. The molecule has 0 aliphatic heterocycles. The summed E-state index contributed by atoms with van der Waals surface area (Å²) in [5.74, 6) is 0.576. The first-order valence-corrected chi connectivity index (χ1v) is 6.32. The van der Waals surface area contributed by atoms with Crippen molar-refractivity contribution in [1.82, 2.24) is 5.32 Å². The Morgan fingerprint density at radius 1 is 1.29 bits per heavy atom. The second-order valence-electron chi connectivity index (χ2n) is 5.58. The Labute approximate surface area is 105 Å². The van der Waals surface area contributed by atoms with Crippen LogP contribution in [0.25, 0.3) is 0 Å². The van der Waals surface area contributed by atoms with E-state index in [0.717, 1.165) is 6.54 Å². The second kappa shape index (κ2) is 5.65. The van der Waals surface area contributed by atoms with Gasteiger partial charge in [-0.1, -0.05) is 37.6 Å². The Hall–Kier alpha value is -0.860. The largest absolute Gasteiger partial charge is 0.394 e. The summed E-state index contributed by atoms with van der Waals surface area (Å²) in [5, 5.41) is 13.2. The van der Waals surface area contributed by atoms with Gasteiger partial charge < -0.3 is 10.4 Å². The fourth-order valence-corrected chi connectivity index (χ4v) is 2.10. The third kappa shape index (κ3) is 3.55. The average molecular weight is 235 g/mol. The van der Waals surface area contributed by atoms with Crippen molar-refractivity contribution in [2.45, 2.75) is 40.2 Å². The average Bonchev–Trinajstić information content (AvgIpc) is 2.26. The maximum atomic E-state index is 9.68. The zero-order valence-electron chi connectivity index (χ0n) is 11.7. The van der Waals surface area contributed by atoms with Crippen LogP contribution in [-0.2, 0) is 5.54 Å². The topological polar surface area (TPSA) is 32.3 Å². The van der Waals surface area contributed by atoms with E-state index in [-0.39, 0.29) is 12.1 Å². The zero-order valence-corrected chi connectivity index (χ0v) is 11.7. The van der Waals surface area contributed by atoms with E-state index in [1.165, 1.54) is 16.7 Å². The summed E-state index contributed by atoms with van der Waals surface area (Å²) in [6.07, 6.45) is 0. The van der Waals surface area contributed by atoms with Gasteiger partial charge in [0.2, 0.25) is 0 Å². The summed E-state index contributed by atoms with van der Waals surface area (Å²) >= 11 is 0. The number of nitrogens with one attached hydrogen (secondary N) is 1. The Morgan fingerprint density at radius 2 is 1.94 bits per heavy atom. The van der Waals surface area contributed by atoms with Crippen molar-refractivity contribution < 1.29 is 5.11 Å². The van der Waals surface area contributed by atoms with Crippen molar-refractivity contribution in [3.8, 4) is 0 Å². The minimum absolute atomic E-state index is 0.115. The van der Waals surface area contributed by atoms with E-state index in [9.17, 15) is 5.11 Å². The molecule has 0 saturated heterocycles. The summed E-state index contributed by atoms with van der Waals surface area (Å²) < 4.78 is 0. The van der Waals surface area contributed by atoms with Gasteiger partial charge in [-0.05, 0) is 44.4 Å². The summed E-state index contributed by atoms with van der Waals surface area (Å²) in [6.45, 7) is 11.6. The van der Waals surface area contributed by atoms with Gasteiger partial charge >= 0.3 is 0 Å². The smallest absolute Gasteiger partial charge is 0.0652 e. The minimum atomic E-state index is -0.345. The van der Waals surface area contributed by atoms with Gasteiger partial charge in [-0.2, -0.15) is 0 Å². The Kier molecular flexibility index (Phi) is 4.72. The van der Waals surface area contributed by atoms with Gasteiger partial charge in [-0.25, -0.2) is 0 Å². The van der Waals surface area contributed by atoms with Crippen LogP contribution in [0.3, 0.4) is 0 Å². The number of aliphatic hydroxyl groups excluding tert-OH is 1. The summed E-state index contributed by atoms with van der Waals surface area (Å²) in [4.78, 5) is 0. The van der Waals surface area contributed by atoms with Crippen molar-refractivity contribution >= 4 is 0 Å².